The van der Waals surface area contributed by atoms with Gasteiger partial charge in [0.15, 0.2) is 0 Å². The fraction of sp³-hybridized carbons (Fsp3) is 0.294. The molecule has 0 spiro atoms. The van der Waals surface area contributed by atoms with E-state index in [0.29, 0.717) is 27.8 Å². The van der Waals surface area contributed by atoms with Gasteiger partial charge >= 0.3 is 6.55 Å². The molecule has 0 unspecified atom stereocenters. The lowest BCUT2D eigenvalue weighted by atomic mass is 9.99. The molecule has 0 saturated carbocycles. The van der Waals surface area contributed by atoms with Crippen LogP contribution in [0, 0.1) is 12.7 Å². The third kappa shape index (κ3) is 4.93. The van der Waals surface area contributed by atoms with Crippen LogP contribution in [0.2, 0.25) is 0 Å². The largest absolute Gasteiger partial charge is 0.333 e. The number of carbonyl (C=O) groups is 1. The molecular weight excluding hydrogens is 335 g/mol. The summed E-state index contributed by atoms with van der Waals surface area (Å²) in [5.74, 6) is -0.910. The number of halogens is 3. The molecule has 1 heterocycles. The Kier molecular flexibility index (Phi) is 6.35. The zero-order valence-corrected chi connectivity index (χ0v) is 13.5. The summed E-state index contributed by atoms with van der Waals surface area (Å²) in [5.41, 5.74) is 3.85. The van der Waals surface area contributed by atoms with Gasteiger partial charge in [-0.2, -0.15) is 13.9 Å². The lowest BCUT2D eigenvalue weighted by Crippen LogP contribution is -2.17. The van der Waals surface area contributed by atoms with Crippen LogP contribution < -0.4 is 5.48 Å². The Morgan fingerprint density at radius 3 is 2.80 bits per heavy atom. The highest BCUT2D eigenvalue weighted by molar-refractivity contribution is 5.77. The smallest absolute Gasteiger partial charge is 0.289 e. The molecule has 0 atom stereocenters. The van der Waals surface area contributed by atoms with E-state index in [9.17, 15) is 18.0 Å². The molecule has 0 aliphatic heterocycles. The molecule has 1 amide bonds. The van der Waals surface area contributed by atoms with Crippen LogP contribution in [-0.2, 0) is 11.2 Å². The molecule has 0 aliphatic rings. The predicted octanol–water partition coefficient (Wildman–Crippen LogP) is 3.64. The summed E-state index contributed by atoms with van der Waals surface area (Å²) in [4.78, 5) is 11.3. The van der Waals surface area contributed by atoms with Gasteiger partial charge in [-0.05, 0) is 42.5 Å². The van der Waals surface area contributed by atoms with Crippen molar-refractivity contribution in [3.05, 3.63) is 59.2 Å². The van der Waals surface area contributed by atoms with Crippen LogP contribution in [0.5, 0.6) is 0 Å². The fourth-order valence-electron chi connectivity index (χ4n) is 2.39. The van der Waals surface area contributed by atoms with E-state index in [0.717, 1.165) is 5.56 Å². The summed E-state index contributed by atoms with van der Waals surface area (Å²) in [7, 11) is 0. The molecule has 2 N–H and O–H groups in total. The average Bonchev–Trinajstić information content (AvgIpc) is 3.08. The minimum Gasteiger partial charge on any atom is -0.289 e. The number of nitrogens with zero attached hydrogens (tertiary/aromatic N) is 2. The second-order valence-electron chi connectivity index (χ2n) is 5.48. The van der Waals surface area contributed by atoms with E-state index in [1.54, 1.807) is 25.1 Å². The summed E-state index contributed by atoms with van der Waals surface area (Å²) in [6.07, 6.45) is 4.79. The first kappa shape index (κ1) is 18.7. The third-order valence-corrected chi connectivity index (χ3v) is 3.87. The Hall–Kier alpha value is -2.61. The molecule has 0 bridgehead atoms. The van der Waals surface area contributed by atoms with Crippen molar-refractivity contribution in [2.24, 2.45) is 0 Å². The number of allylic oxidation sites excluding steroid dienone is 2. The van der Waals surface area contributed by atoms with Crippen LogP contribution in [0.4, 0.5) is 13.2 Å². The van der Waals surface area contributed by atoms with Crippen molar-refractivity contribution >= 4 is 11.5 Å². The lowest BCUT2D eigenvalue weighted by Gasteiger charge is -2.08. The van der Waals surface area contributed by atoms with E-state index in [1.165, 1.54) is 23.9 Å². The maximum absolute atomic E-state index is 13.6. The van der Waals surface area contributed by atoms with E-state index in [-0.39, 0.29) is 18.7 Å². The number of alkyl halides is 2. The summed E-state index contributed by atoms with van der Waals surface area (Å²) in [6, 6.07) is 4.73. The Morgan fingerprint density at radius 2 is 2.16 bits per heavy atom. The zero-order chi connectivity index (χ0) is 18.4. The molecule has 1 aromatic carbocycles. The van der Waals surface area contributed by atoms with Crippen molar-refractivity contribution in [2.45, 2.75) is 32.7 Å². The topological polar surface area (TPSA) is 67.2 Å². The molecule has 2 rings (SSSR count). The molecule has 0 saturated heterocycles. The molecule has 0 aliphatic carbocycles. The number of rotatable bonds is 7. The number of hydrogen-bond donors (Lipinski definition) is 2. The van der Waals surface area contributed by atoms with E-state index >= 15 is 0 Å². The number of amides is 1. The molecule has 134 valence electrons. The molecule has 8 heteroatoms. The second-order valence-corrected chi connectivity index (χ2v) is 5.48. The Labute approximate surface area is 142 Å². The number of nitrogens with one attached hydrogen (secondary N) is 1. The highest BCUT2D eigenvalue weighted by Crippen LogP contribution is 2.23. The minimum atomic E-state index is -2.76. The van der Waals surface area contributed by atoms with Gasteiger partial charge < -0.3 is 0 Å². The highest BCUT2D eigenvalue weighted by atomic mass is 19.3. The van der Waals surface area contributed by atoms with Crippen LogP contribution in [0.15, 0.2) is 36.7 Å². The van der Waals surface area contributed by atoms with Gasteiger partial charge in [0.1, 0.15) is 5.82 Å². The Bertz CT molecular complexity index is 772. The first-order valence-electron chi connectivity index (χ1n) is 7.61. The van der Waals surface area contributed by atoms with E-state index in [4.69, 9.17) is 5.21 Å². The van der Waals surface area contributed by atoms with E-state index in [1.807, 2.05) is 0 Å². The van der Waals surface area contributed by atoms with Crippen molar-refractivity contribution in [1.82, 2.24) is 15.3 Å². The predicted molar refractivity (Wildman–Crippen MR) is 85.5 cm³/mol. The summed E-state index contributed by atoms with van der Waals surface area (Å²) in [5, 5.41) is 12.2. The van der Waals surface area contributed by atoms with Crippen molar-refractivity contribution in [1.29, 1.82) is 0 Å². The maximum atomic E-state index is 13.6. The fourth-order valence-corrected chi connectivity index (χ4v) is 2.39. The van der Waals surface area contributed by atoms with Crippen LogP contribution in [0.3, 0.4) is 0 Å². The van der Waals surface area contributed by atoms with E-state index in [2.05, 4.69) is 5.10 Å². The van der Waals surface area contributed by atoms with Gasteiger partial charge in [0.05, 0.1) is 6.20 Å². The molecule has 5 nitrogen and oxygen atoms in total. The number of hydroxylamine groups is 1. The normalized spacial score (nSPS) is 11.8. The van der Waals surface area contributed by atoms with Crippen LogP contribution in [0.25, 0.3) is 5.57 Å². The van der Waals surface area contributed by atoms with Gasteiger partial charge in [-0.1, -0.05) is 18.2 Å². The van der Waals surface area contributed by atoms with Gasteiger partial charge in [-0.25, -0.2) is 14.6 Å². The summed E-state index contributed by atoms with van der Waals surface area (Å²) in [6.45, 7) is -1.10. The van der Waals surface area contributed by atoms with Gasteiger partial charge in [-0.15, -0.1) is 0 Å². The molecule has 1 aromatic heterocycles. The van der Waals surface area contributed by atoms with Crippen LogP contribution in [0.1, 0.15) is 36.1 Å². The monoisotopic (exact) mass is 353 g/mol. The quantitative estimate of drug-likeness (QED) is 0.590. The molecule has 2 aromatic rings. The number of benzene rings is 1. The first-order chi connectivity index (χ1) is 11.9. The molecule has 25 heavy (non-hydrogen) atoms. The zero-order valence-electron chi connectivity index (χ0n) is 13.5. The number of carbonyl (C=O) groups excluding carboxylic acids is 1. The SMILES string of the molecule is Cc1c(F)cccc1C/C=C(\CCC(=O)NO)c1cnn(C(F)F)c1. The first-order valence-corrected chi connectivity index (χ1v) is 7.61. The van der Waals surface area contributed by atoms with Crippen molar-refractivity contribution in [3.8, 4) is 0 Å². The van der Waals surface area contributed by atoms with E-state index < -0.39 is 12.5 Å². The van der Waals surface area contributed by atoms with Crippen molar-refractivity contribution < 1.29 is 23.2 Å². The molecular formula is C17H18F3N3O2. The van der Waals surface area contributed by atoms with Crippen LogP contribution >= 0.6 is 0 Å². The summed E-state index contributed by atoms with van der Waals surface area (Å²) >= 11 is 0. The van der Waals surface area contributed by atoms with Crippen molar-refractivity contribution in [3.63, 3.8) is 0 Å². The standard InChI is InChI=1S/C17H18F3N3O2/c1-11-12(3-2-4-15(11)18)5-6-13(7-8-16(24)22-25)14-9-21-23(10-14)17(19)20/h2-4,6,9-10,17,25H,5,7-8H2,1H3,(H,22,24)/b13-6+. The van der Waals surface area contributed by atoms with Crippen molar-refractivity contribution in [2.75, 3.05) is 0 Å². The second kappa shape index (κ2) is 8.48. The van der Waals surface area contributed by atoms with Gasteiger partial charge in [0, 0.05) is 18.2 Å². The minimum absolute atomic E-state index is 0.0235. The van der Waals surface area contributed by atoms with Gasteiger partial charge in [0.25, 0.3) is 0 Å². The van der Waals surface area contributed by atoms with Crippen LogP contribution in [-0.4, -0.2) is 20.9 Å². The number of aromatic nitrogens is 2. The molecule has 0 radical (unpaired) electrons. The molecule has 0 fully saturated rings. The summed E-state index contributed by atoms with van der Waals surface area (Å²) < 4.78 is 39.5. The third-order valence-electron chi connectivity index (χ3n) is 3.87. The van der Waals surface area contributed by atoms with Gasteiger partial charge in [-0.3, -0.25) is 10.0 Å². The Morgan fingerprint density at radius 1 is 1.40 bits per heavy atom. The lowest BCUT2D eigenvalue weighted by molar-refractivity contribution is -0.129. The number of hydrogen-bond acceptors (Lipinski definition) is 3. The average molecular weight is 353 g/mol. The Balaban J connectivity index is 2.26. The van der Waals surface area contributed by atoms with Gasteiger partial charge in [0.2, 0.25) is 5.91 Å². The highest BCUT2D eigenvalue weighted by Gasteiger charge is 2.12. The maximum Gasteiger partial charge on any atom is 0.333 e.